The first kappa shape index (κ1) is 15.1. The molecule has 0 bridgehead atoms. The Hall–Kier alpha value is -2.33. The van der Waals surface area contributed by atoms with Crippen LogP contribution in [0.2, 0.25) is 0 Å². The minimum absolute atomic E-state index is 0.116. The molecule has 0 radical (unpaired) electrons. The van der Waals surface area contributed by atoms with Crippen molar-refractivity contribution in [3.05, 3.63) is 47.5 Å². The van der Waals surface area contributed by atoms with Crippen LogP contribution in [0.5, 0.6) is 11.5 Å². The van der Waals surface area contributed by atoms with Gasteiger partial charge in [-0.25, -0.2) is 0 Å². The molecule has 0 aliphatic heterocycles. The number of carbonyl (C=O) groups is 1. The van der Waals surface area contributed by atoms with Crippen molar-refractivity contribution < 1.29 is 19.4 Å². The molecule has 0 saturated carbocycles. The van der Waals surface area contributed by atoms with Gasteiger partial charge in [0.1, 0.15) is 0 Å². The Morgan fingerprint density at radius 1 is 1.19 bits per heavy atom. The number of aryl methyl sites for hydroxylation is 1. The minimum atomic E-state index is -0.418. The fourth-order valence-corrected chi connectivity index (χ4v) is 2.10. The van der Waals surface area contributed by atoms with Crippen molar-refractivity contribution in [2.45, 2.75) is 20.5 Å². The molecule has 0 aliphatic carbocycles. The average Bonchev–Trinajstić information content (AvgIpc) is 2.47. The third-order valence-corrected chi connectivity index (χ3v) is 3.13. The Kier molecular flexibility index (Phi) is 4.60. The van der Waals surface area contributed by atoms with Crippen LogP contribution in [0.25, 0.3) is 11.1 Å². The molecule has 0 heterocycles. The molecule has 0 spiro atoms. The summed E-state index contributed by atoms with van der Waals surface area (Å²) in [7, 11) is 1.50. The first-order valence-electron chi connectivity index (χ1n) is 6.62. The highest BCUT2D eigenvalue weighted by Crippen LogP contribution is 2.39. The average molecular weight is 286 g/mol. The molecular formula is C17H18O4. The van der Waals surface area contributed by atoms with Crippen LogP contribution in [0.15, 0.2) is 36.4 Å². The molecule has 0 fully saturated rings. The Morgan fingerprint density at radius 2 is 1.86 bits per heavy atom. The highest BCUT2D eigenvalue weighted by Gasteiger charge is 2.16. The van der Waals surface area contributed by atoms with Gasteiger partial charge in [-0.3, -0.25) is 4.79 Å². The van der Waals surface area contributed by atoms with Gasteiger partial charge in [0.05, 0.1) is 13.7 Å². The summed E-state index contributed by atoms with van der Waals surface area (Å²) in [6, 6.07) is 11.3. The summed E-state index contributed by atoms with van der Waals surface area (Å²) in [5.41, 5.74) is 3.44. The standard InChI is InChI=1S/C17H18O4/c1-11-4-6-14(7-5-11)15-8-13(10-18)9-16(20-3)17(15)21-12(2)19/h4-9,18H,10H2,1-3H3. The van der Waals surface area contributed by atoms with Crippen LogP contribution in [0.1, 0.15) is 18.1 Å². The van der Waals surface area contributed by atoms with E-state index < -0.39 is 5.97 Å². The zero-order chi connectivity index (χ0) is 15.4. The third-order valence-electron chi connectivity index (χ3n) is 3.13. The lowest BCUT2D eigenvalue weighted by atomic mass is 10.00. The van der Waals surface area contributed by atoms with E-state index in [1.54, 1.807) is 12.1 Å². The van der Waals surface area contributed by atoms with E-state index >= 15 is 0 Å². The summed E-state index contributed by atoms with van der Waals surface area (Å²) in [5.74, 6) is 0.372. The molecule has 0 aromatic heterocycles. The largest absolute Gasteiger partial charge is 0.493 e. The number of methoxy groups -OCH3 is 1. The smallest absolute Gasteiger partial charge is 0.308 e. The van der Waals surface area contributed by atoms with Gasteiger partial charge in [-0.2, -0.15) is 0 Å². The summed E-state index contributed by atoms with van der Waals surface area (Å²) >= 11 is 0. The molecule has 0 amide bonds. The van der Waals surface area contributed by atoms with E-state index in [4.69, 9.17) is 9.47 Å². The Morgan fingerprint density at radius 3 is 2.38 bits per heavy atom. The summed E-state index contributed by atoms with van der Waals surface area (Å²) < 4.78 is 10.6. The lowest BCUT2D eigenvalue weighted by Gasteiger charge is -2.15. The van der Waals surface area contributed by atoms with Gasteiger partial charge >= 0.3 is 5.97 Å². The predicted molar refractivity (Wildman–Crippen MR) is 80.4 cm³/mol. The number of rotatable bonds is 4. The van der Waals surface area contributed by atoms with E-state index in [-0.39, 0.29) is 6.61 Å². The molecule has 2 aromatic rings. The van der Waals surface area contributed by atoms with E-state index in [0.717, 1.165) is 11.1 Å². The molecule has 2 aromatic carbocycles. The lowest BCUT2D eigenvalue weighted by Crippen LogP contribution is -2.05. The van der Waals surface area contributed by atoms with Gasteiger partial charge in [0.25, 0.3) is 0 Å². The van der Waals surface area contributed by atoms with Gasteiger partial charge in [0.15, 0.2) is 11.5 Å². The molecule has 21 heavy (non-hydrogen) atoms. The zero-order valence-corrected chi connectivity index (χ0v) is 12.3. The van der Waals surface area contributed by atoms with Gasteiger partial charge in [-0.1, -0.05) is 29.8 Å². The topological polar surface area (TPSA) is 55.8 Å². The van der Waals surface area contributed by atoms with Crippen molar-refractivity contribution in [1.29, 1.82) is 0 Å². The van der Waals surface area contributed by atoms with Crippen molar-refractivity contribution in [2.75, 3.05) is 7.11 Å². The molecular weight excluding hydrogens is 268 g/mol. The van der Waals surface area contributed by atoms with Gasteiger partial charge in [0, 0.05) is 12.5 Å². The second-order valence-electron chi connectivity index (χ2n) is 4.79. The van der Waals surface area contributed by atoms with E-state index in [2.05, 4.69) is 0 Å². The maximum Gasteiger partial charge on any atom is 0.308 e. The number of carbonyl (C=O) groups excluding carboxylic acids is 1. The Bertz CT molecular complexity index is 645. The van der Waals surface area contributed by atoms with Crippen LogP contribution in [0.4, 0.5) is 0 Å². The van der Waals surface area contributed by atoms with Crippen molar-refractivity contribution in [3.63, 3.8) is 0 Å². The van der Waals surface area contributed by atoms with Crippen LogP contribution in [-0.4, -0.2) is 18.2 Å². The van der Waals surface area contributed by atoms with Gasteiger partial charge < -0.3 is 14.6 Å². The molecule has 0 saturated heterocycles. The number of ether oxygens (including phenoxy) is 2. The normalized spacial score (nSPS) is 10.3. The number of hydrogen-bond acceptors (Lipinski definition) is 4. The van der Waals surface area contributed by atoms with E-state index in [1.165, 1.54) is 14.0 Å². The fraction of sp³-hybridized carbons (Fsp3) is 0.235. The number of esters is 1. The van der Waals surface area contributed by atoms with Crippen LogP contribution in [0, 0.1) is 6.92 Å². The van der Waals surface area contributed by atoms with Crippen molar-refractivity contribution >= 4 is 5.97 Å². The second kappa shape index (κ2) is 6.41. The van der Waals surface area contributed by atoms with Gasteiger partial charge in [-0.15, -0.1) is 0 Å². The molecule has 0 unspecified atom stereocenters. The molecule has 0 aliphatic rings. The summed E-state index contributed by atoms with van der Waals surface area (Å²) in [5, 5.41) is 9.38. The first-order chi connectivity index (χ1) is 10.0. The molecule has 4 heteroatoms. The molecule has 1 N–H and O–H groups in total. The van der Waals surface area contributed by atoms with Gasteiger partial charge in [-0.05, 0) is 30.2 Å². The summed E-state index contributed by atoms with van der Waals surface area (Å²) in [6.45, 7) is 3.23. The quantitative estimate of drug-likeness (QED) is 0.693. The third kappa shape index (κ3) is 3.41. The Balaban J connectivity index is 2.64. The lowest BCUT2D eigenvalue weighted by molar-refractivity contribution is -0.131. The van der Waals surface area contributed by atoms with E-state index in [9.17, 15) is 9.90 Å². The van der Waals surface area contributed by atoms with Crippen LogP contribution >= 0.6 is 0 Å². The molecule has 110 valence electrons. The van der Waals surface area contributed by atoms with Crippen molar-refractivity contribution in [1.82, 2.24) is 0 Å². The number of hydrogen-bond donors (Lipinski definition) is 1. The number of aliphatic hydroxyl groups excluding tert-OH is 1. The van der Waals surface area contributed by atoms with Crippen LogP contribution < -0.4 is 9.47 Å². The summed E-state index contributed by atoms with van der Waals surface area (Å²) in [4.78, 5) is 11.3. The zero-order valence-electron chi connectivity index (χ0n) is 12.3. The second-order valence-corrected chi connectivity index (χ2v) is 4.79. The monoisotopic (exact) mass is 286 g/mol. The molecule has 2 rings (SSSR count). The maximum absolute atomic E-state index is 11.3. The number of aliphatic hydroxyl groups is 1. The van der Waals surface area contributed by atoms with E-state index in [0.29, 0.717) is 22.6 Å². The van der Waals surface area contributed by atoms with E-state index in [1.807, 2.05) is 31.2 Å². The minimum Gasteiger partial charge on any atom is -0.493 e. The predicted octanol–water partition coefficient (Wildman–Crippen LogP) is 3.09. The maximum atomic E-state index is 11.3. The summed E-state index contributed by atoms with van der Waals surface area (Å²) in [6.07, 6.45) is 0. The number of benzene rings is 2. The first-order valence-corrected chi connectivity index (χ1v) is 6.62. The highest BCUT2D eigenvalue weighted by atomic mass is 16.6. The van der Waals surface area contributed by atoms with Crippen molar-refractivity contribution in [2.24, 2.45) is 0 Å². The molecule has 4 nitrogen and oxygen atoms in total. The van der Waals surface area contributed by atoms with Crippen LogP contribution in [0.3, 0.4) is 0 Å². The van der Waals surface area contributed by atoms with Crippen molar-refractivity contribution in [3.8, 4) is 22.6 Å². The highest BCUT2D eigenvalue weighted by molar-refractivity contribution is 5.80. The SMILES string of the molecule is COc1cc(CO)cc(-c2ccc(C)cc2)c1OC(C)=O. The molecule has 0 atom stereocenters. The van der Waals surface area contributed by atoms with Crippen LogP contribution in [-0.2, 0) is 11.4 Å². The van der Waals surface area contributed by atoms with Gasteiger partial charge in [0.2, 0.25) is 0 Å². The Labute approximate surface area is 123 Å². The fourth-order valence-electron chi connectivity index (χ4n) is 2.10.